The minimum atomic E-state index is 0.596. The van der Waals surface area contributed by atoms with Gasteiger partial charge in [0.05, 0.1) is 0 Å². The number of nitrogen functional groups attached to an aromatic ring is 1. The number of aromatic nitrogens is 3. The van der Waals surface area contributed by atoms with Gasteiger partial charge in [0.15, 0.2) is 0 Å². The smallest absolute Gasteiger partial charge is 0.145 e. The molecule has 1 aliphatic rings. The summed E-state index contributed by atoms with van der Waals surface area (Å²) < 4.78 is 1.92. The molecule has 2 aromatic heterocycles. The Kier molecular flexibility index (Phi) is 4.35. The number of hydrogen-bond acceptors (Lipinski definition) is 5. The van der Waals surface area contributed by atoms with Crippen LogP contribution < -0.4 is 10.6 Å². The van der Waals surface area contributed by atoms with Crippen LogP contribution in [0, 0.1) is 0 Å². The lowest BCUT2D eigenvalue weighted by atomic mass is 10.3. The quantitative estimate of drug-likeness (QED) is 0.891. The minimum absolute atomic E-state index is 0.596. The normalized spacial score (nSPS) is 16.3. The molecule has 6 heteroatoms. The van der Waals surface area contributed by atoms with E-state index < -0.39 is 0 Å². The fourth-order valence-electron chi connectivity index (χ4n) is 2.70. The van der Waals surface area contributed by atoms with Gasteiger partial charge in [-0.2, -0.15) is 5.10 Å². The summed E-state index contributed by atoms with van der Waals surface area (Å²) in [4.78, 5) is 9.27. The van der Waals surface area contributed by atoms with E-state index in [1.165, 1.54) is 0 Å². The Morgan fingerprint density at radius 3 is 2.57 bits per heavy atom. The van der Waals surface area contributed by atoms with Crippen LogP contribution in [0.15, 0.2) is 36.7 Å². The monoisotopic (exact) mass is 286 g/mol. The van der Waals surface area contributed by atoms with E-state index in [9.17, 15) is 0 Å². The van der Waals surface area contributed by atoms with E-state index in [0.717, 1.165) is 51.5 Å². The number of anilines is 2. The number of nitrogens with two attached hydrogens (primary N) is 1. The van der Waals surface area contributed by atoms with Gasteiger partial charge in [-0.1, -0.05) is 6.07 Å². The van der Waals surface area contributed by atoms with E-state index >= 15 is 0 Å². The lowest BCUT2D eigenvalue weighted by Gasteiger charge is -2.35. The van der Waals surface area contributed by atoms with Gasteiger partial charge >= 0.3 is 0 Å². The zero-order chi connectivity index (χ0) is 14.5. The van der Waals surface area contributed by atoms with Crippen LogP contribution in [0.5, 0.6) is 0 Å². The van der Waals surface area contributed by atoms with E-state index in [2.05, 4.69) is 25.9 Å². The molecular formula is C15H22N6. The van der Waals surface area contributed by atoms with Crippen LogP contribution in [0.25, 0.3) is 0 Å². The molecule has 0 atom stereocenters. The van der Waals surface area contributed by atoms with Crippen LogP contribution in [-0.2, 0) is 6.54 Å². The highest BCUT2D eigenvalue weighted by Crippen LogP contribution is 2.12. The van der Waals surface area contributed by atoms with Crippen molar-refractivity contribution in [3.63, 3.8) is 0 Å². The van der Waals surface area contributed by atoms with Crippen LogP contribution in [0.4, 0.5) is 11.6 Å². The Hall–Kier alpha value is -2.08. The molecule has 0 bridgehead atoms. The van der Waals surface area contributed by atoms with Crippen LogP contribution in [0.2, 0.25) is 0 Å². The summed E-state index contributed by atoms with van der Waals surface area (Å²) in [6, 6.07) is 7.93. The average Bonchev–Trinajstić information content (AvgIpc) is 2.94. The second-order valence-electron chi connectivity index (χ2n) is 5.37. The zero-order valence-electron chi connectivity index (χ0n) is 12.2. The van der Waals surface area contributed by atoms with Crippen molar-refractivity contribution in [2.24, 2.45) is 0 Å². The molecule has 1 saturated heterocycles. The molecule has 21 heavy (non-hydrogen) atoms. The summed E-state index contributed by atoms with van der Waals surface area (Å²) >= 11 is 0. The van der Waals surface area contributed by atoms with E-state index in [-0.39, 0.29) is 0 Å². The minimum Gasteiger partial charge on any atom is -0.382 e. The fourth-order valence-corrected chi connectivity index (χ4v) is 2.70. The zero-order valence-corrected chi connectivity index (χ0v) is 12.2. The van der Waals surface area contributed by atoms with Gasteiger partial charge in [0, 0.05) is 51.7 Å². The summed E-state index contributed by atoms with van der Waals surface area (Å²) in [5.41, 5.74) is 5.61. The molecule has 0 aliphatic carbocycles. The largest absolute Gasteiger partial charge is 0.382 e. The van der Waals surface area contributed by atoms with Crippen LogP contribution >= 0.6 is 0 Å². The average molecular weight is 286 g/mol. The summed E-state index contributed by atoms with van der Waals surface area (Å²) in [7, 11) is 0. The Morgan fingerprint density at radius 2 is 1.90 bits per heavy atom. The van der Waals surface area contributed by atoms with Crippen molar-refractivity contribution in [3.8, 4) is 0 Å². The van der Waals surface area contributed by atoms with Crippen molar-refractivity contribution >= 4 is 11.6 Å². The molecule has 0 aromatic carbocycles. The first kappa shape index (κ1) is 13.9. The van der Waals surface area contributed by atoms with Crippen molar-refractivity contribution in [2.45, 2.75) is 13.0 Å². The third-order valence-corrected chi connectivity index (χ3v) is 3.87. The van der Waals surface area contributed by atoms with Gasteiger partial charge in [0.25, 0.3) is 0 Å². The lowest BCUT2D eigenvalue weighted by molar-refractivity contribution is 0.248. The second-order valence-corrected chi connectivity index (χ2v) is 5.37. The molecule has 6 nitrogen and oxygen atoms in total. The van der Waals surface area contributed by atoms with Gasteiger partial charge in [0.2, 0.25) is 0 Å². The number of pyridine rings is 1. The molecule has 0 spiro atoms. The molecule has 0 saturated carbocycles. The van der Waals surface area contributed by atoms with Gasteiger partial charge in [-0.15, -0.1) is 0 Å². The van der Waals surface area contributed by atoms with Gasteiger partial charge < -0.3 is 10.6 Å². The van der Waals surface area contributed by atoms with Gasteiger partial charge in [-0.3, -0.25) is 9.58 Å². The highest BCUT2D eigenvalue weighted by atomic mass is 15.3. The van der Waals surface area contributed by atoms with Crippen molar-refractivity contribution in [3.05, 3.63) is 36.7 Å². The molecule has 0 radical (unpaired) electrons. The Morgan fingerprint density at radius 1 is 1.05 bits per heavy atom. The van der Waals surface area contributed by atoms with Gasteiger partial charge in [-0.25, -0.2) is 4.98 Å². The number of hydrogen-bond donors (Lipinski definition) is 1. The van der Waals surface area contributed by atoms with E-state index in [0.29, 0.717) is 5.82 Å². The first-order valence-corrected chi connectivity index (χ1v) is 7.48. The Balaban J connectivity index is 1.40. The summed E-state index contributed by atoms with van der Waals surface area (Å²) in [6.45, 7) is 6.32. The maximum absolute atomic E-state index is 5.61. The number of nitrogens with zero attached hydrogens (tertiary/aromatic N) is 5. The molecule has 2 N–H and O–H groups in total. The molecule has 3 rings (SSSR count). The molecule has 2 aromatic rings. The van der Waals surface area contributed by atoms with E-state index in [1.54, 1.807) is 0 Å². The van der Waals surface area contributed by atoms with E-state index in [1.807, 2.05) is 35.3 Å². The first-order valence-electron chi connectivity index (χ1n) is 7.48. The van der Waals surface area contributed by atoms with Crippen molar-refractivity contribution in [2.75, 3.05) is 43.4 Å². The predicted molar refractivity (Wildman–Crippen MR) is 84.1 cm³/mol. The standard InChI is InChI=1S/C15H22N6/c16-14-5-9-21(18-14)8-3-7-19-10-12-20(13-11-19)15-4-1-2-6-17-15/h1-2,4-6,9H,3,7-8,10-13H2,(H2,16,18). The molecule has 3 heterocycles. The second kappa shape index (κ2) is 6.58. The van der Waals surface area contributed by atoms with Gasteiger partial charge in [-0.05, 0) is 24.6 Å². The third kappa shape index (κ3) is 3.72. The highest BCUT2D eigenvalue weighted by Gasteiger charge is 2.17. The molecule has 112 valence electrons. The highest BCUT2D eigenvalue weighted by molar-refractivity contribution is 5.38. The SMILES string of the molecule is Nc1ccn(CCCN2CCN(c3ccccn3)CC2)n1. The van der Waals surface area contributed by atoms with Gasteiger partial charge in [0.1, 0.15) is 11.6 Å². The maximum atomic E-state index is 5.61. The Bertz CT molecular complexity index is 544. The summed E-state index contributed by atoms with van der Waals surface area (Å²) in [5.74, 6) is 1.68. The summed E-state index contributed by atoms with van der Waals surface area (Å²) in [6.07, 6.45) is 4.90. The molecule has 1 aliphatic heterocycles. The first-order chi connectivity index (χ1) is 10.3. The van der Waals surface area contributed by atoms with Crippen molar-refractivity contribution < 1.29 is 0 Å². The van der Waals surface area contributed by atoms with Crippen LogP contribution in [-0.4, -0.2) is 52.4 Å². The third-order valence-electron chi connectivity index (χ3n) is 3.87. The predicted octanol–water partition coefficient (Wildman–Crippen LogP) is 1.07. The topological polar surface area (TPSA) is 63.2 Å². The van der Waals surface area contributed by atoms with Crippen molar-refractivity contribution in [1.82, 2.24) is 19.7 Å². The molecular weight excluding hydrogens is 264 g/mol. The maximum Gasteiger partial charge on any atom is 0.145 e. The number of aryl methyl sites for hydroxylation is 1. The fraction of sp³-hybridized carbons (Fsp3) is 0.467. The molecule has 0 amide bonds. The summed E-state index contributed by atoms with van der Waals surface area (Å²) in [5, 5.41) is 4.20. The van der Waals surface area contributed by atoms with Crippen LogP contribution in [0.1, 0.15) is 6.42 Å². The van der Waals surface area contributed by atoms with Crippen molar-refractivity contribution in [1.29, 1.82) is 0 Å². The number of piperazine rings is 1. The Labute approximate surface area is 125 Å². The van der Waals surface area contributed by atoms with Crippen LogP contribution in [0.3, 0.4) is 0 Å². The molecule has 0 unspecified atom stereocenters. The number of rotatable bonds is 5. The van der Waals surface area contributed by atoms with E-state index in [4.69, 9.17) is 5.73 Å². The molecule has 1 fully saturated rings. The lowest BCUT2D eigenvalue weighted by Crippen LogP contribution is -2.47.